The minimum Gasteiger partial charge on any atom is -0.481 e. The molecule has 0 saturated carbocycles. The predicted octanol–water partition coefficient (Wildman–Crippen LogP) is 2.21. The molecule has 0 amide bonds. The summed E-state index contributed by atoms with van der Waals surface area (Å²) in [6, 6.07) is 3.56. The van der Waals surface area contributed by atoms with Gasteiger partial charge in [0.25, 0.3) is 0 Å². The fraction of sp³-hybridized carbons (Fsp3) is 0.200. The first kappa shape index (κ1) is 14.0. The van der Waals surface area contributed by atoms with Gasteiger partial charge in [-0.2, -0.15) is 0 Å². The van der Waals surface area contributed by atoms with Crippen LogP contribution in [0.15, 0.2) is 30.9 Å². The monoisotopic (exact) mass is 298 g/mol. The standard InChI is InChI=1S/C15H14N4O3/c1-3-22-15(20)10-7-17-14-12(10)13(18-8-19-14)9-4-5-11(21-2)16-6-9/h4-8H,3H2,1-2H3,(H,17,18,19). The first-order chi connectivity index (χ1) is 10.7. The van der Waals surface area contributed by atoms with Gasteiger partial charge >= 0.3 is 5.97 Å². The summed E-state index contributed by atoms with van der Waals surface area (Å²) in [7, 11) is 1.55. The first-order valence-corrected chi connectivity index (χ1v) is 6.74. The van der Waals surface area contributed by atoms with Crippen LogP contribution in [0.5, 0.6) is 5.88 Å². The molecule has 0 unspecified atom stereocenters. The number of carbonyl (C=O) groups is 1. The Balaban J connectivity index is 2.16. The smallest absolute Gasteiger partial charge is 0.340 e. The van der Waals surface area contributed by atoms with Crippen LogP contribution in [0.25, 0.3) is 22.3 Å². The van der Waals surface area contributed by atoms with Gasteiger partial charge in [-0.3, -0.25) is 0 Å². The number of H-pyrrole nitrogens is 1. The van der Waals surface area contributed by atoms with Gasteiger partial charge in [-0.15, -0.1) is 0 Å². The van der Waals surface area contributed by atoms with Gasteiger partial charge in [0.15, 0.2) is 0 Å². The van der Waals surface area contributed by atoms with Crippen LogP contribution in [0.2, 0.25) is 0 Å². The molecule has 22 heavy (non-hydrogen) atoms. The highest BCUT2D eigenvalue weighted by atomic mass is 16.5. The normalized spacial score (nSPS) is 10.6. The number of fused-ring (bicyclic) bond motifs is 1. The van der Waals surface area contributed by atoms with Crippen LogP contribution in [0, 0.1) is 0 Å². The molecule has 3 aromatic heterocycles. The maximum Gasteiger partial charge on any atom is 0.340 e. The zero-order valence-corrected chi connectivity index (χ0v) is 12.2. The second-order valence-electron chi connectivity index (χ2n) is 4.46. The van der Waals surface area contributed by atoms with Crippen molar-refractivity contribution in [3.63, 3.8) is 0 Å². The van der Waals surface area contributed by atoms with Crippen molar-refractivity contribution in [1.82, 2.24) is 19.9 Å². The van der Waals surface area contributed by atoms with Gasteiger partial charge in [0, 0.05) is 24.0 Å². The molecule has 0 aromatic carbocycles. The molecule has 7 heteroatoms. The number of rotatable bonds is 4. The molecule has 3 heterocycles. The van der Waals surface area contributed by atoms with E-state index in [1.807, 2.05) is 6.07 Å². The third-order valence-corrected chi connectivity index (χ3v) is 3.18. The molecule has 3 rings (SSSR count). The predicted molar refractivity (Wildman–Crippen MR) is 79.6 cm³/mol. The lowest BCUT2D eigenvalue weighted by atomic mass is 10.1. The van der Waals surface area contributed by atoms with Crippen molar-refractivity contribution in [2.24, 2.45) is 0 Å². The number of carbonyl (C=O) groups excluding carboxylic acids is 1. The highest BCUT2D eigenvalue weighted by molar-refractivity contribution is 6.08. The van der Waals surface area contributed by atoms with Crippen LogP contribution in [-0.4, -0.2) is 39.6 Å². The Kier molecular flexibility index (Phi) is 3.69. The summed E-state index contributed by atoms with van der Waals surface area (Å²) in [5.74, 6) is 0.0972. The molecule has 0 radical (unpaired) electrons. The number of aromatic amines is 1. The van der Waals surface area contributed by atoms with Crippen molar-refractivity contribution in [3.8, 4) is 17.1 Å². The van der Waals surface area contributed by atoms with Gasteiger partial charge < -0.3 is 14.5 Å². The molecule has 0 saturated heterocycles. The van der Waals surface area contributed by atoms with Crippen LogP contribution < -0.4 is 4.74 Å². The number of aromatic nitrogens is 4. The number of pyridine rings is 1. The molecule has 0 aliphatic carbocycles. The number of nitrogens with one attached hydrogen (secondary N) is 1. The summed E-state index contributed by atoms with van der Waals surface area (Å²) in [5, 5.41) is 0.618. The van der Waals surface area contributed by atoms with E-state index >= 15 is 0 Å². The minimum absolute atomic E-state index is 0.304. The Morgan fingerprint density at radius 2 is 2.14 bits per heavy atom. The average Bonchev–Trinajstić information content (AvgIpc) is 2.99. The molecule has 0 fully saturated rings. The third-order valence-electron chi connectivity index (χ3n) is 3.18. The van der Waals surface area contributed by atoms with E-state index in [1.54, 1.807) is 32.5 Å². The molecule has 0 aliphatic heterocycles. The van der Waals surface area contributed by atoms with E-state index in [4.69, 9.17) is 9.47 Å². The van der Waals surface area contributed by atoms with Gasteiger partial charge in [0.1, 0.15) is 12.0 Å². The Bertz CT molecular complexity index is 811. The first-order valence-electron chi connectivity index (χ1n) is 6.74. The summed E-state index contributed by atoms with van der Waals surface area (Å²) >= 11 is 0. The lowest BCUT2D eigenvalue weighted by Gasteiger charge is -2.05. The molecule has 1 N–H and O–H groups in total. The van der Waals surface area contributed by atoms with Crippen molar-refractivity contribution in [2.75, 3.05) is 13.7 Å². The minimum atomic E-state index is -0.411. The zero-order valence-electron chi connectivity index (χ0n) is 12.2. The van der Waals surface area contributed by atoms with E-state index in [2.05, 4.69) is 19.9 Å². The van der Waals surface area contributed by atoms with Gasteiger partial charge in [-0.1, -0.05) is 0 Å². The topological polar surface area (TPSA) is 90.0 Å². The molecular formula is C15H14N4O3. The van der Waals surface area contributed by atoms with Crippen molar-refractivity contribution >= 4 is 17.0 Å². The fourth-order valence-corrected chi connectivity index (χ4v) is 2.19. The molecule has 0 aliphatic rings. The highest BCUT2D eigenvalue weighted by Gasteiger charge is 2.18. The second kappa shape index (κ2) is 5.80. The fourth-order valence-electron chi connectivity index (χ4n) is 2.19. The molecule has 0 spiro atoms. The Morgan fingerprint density at radius 1 is 1.27 bits per heavy atom. The van der Waals surface area contributed by atoms with Gasteiger partial charge in [0.05, 0.1) is 30.4 Å². The number of esters is 1. The summed E-state index contributed by atoms with van der Waals surface area (Å²) in [4.78, 5) is 27.6. The number of methoxy groups -OCH3 is 1. The van der Waals surface area contributed by atoms with Crippen LogP contribution in [0.4, 0.5) is 0 Å². The lowest BCUT2D eigenvalue weighted by Crippen LogP contribution is -2.04. The molecule has 7 nitrogen and oxygen atoms in total. The highest BCUT2D eigenvalue weighted by Crippen LogP contribution is 2.28. The molecular weight excluding hydrogens is 284 g/mol. The van der Waals surface area contributed by atoms with Crippen molar-refractivity contribution in [2.45, 2.75) is 6.92 Å². The Morgan fingerprint density at radius 3 is 2.82 bits per heavy atom. The van der Waals surface area contributed by atoms with E-state index in [9.17, 15) is 4.79 Å². The number of ether oxygens (including phenoxy) is 2. The van der Waals surface area contributed by atoms with Gasteiger partial charge in [0.2, 0.25) is 5.88 Å². The van der Waals surface area contributed by atoms with Gasteiger partial charge in [-0.25, -0.2) is 19.7 Å². The van der Waals surface area contributed by atoms with E-state index in [-0.39, 0.29) is 0 Å². The molecule has 0 atom stereocenters. The average molecular weight is 298 g/mol. The van der Waals surface area contributed by atoms with Crippen molar-refractivity contribution in [3.05, 3.63) is 36.4 Å². The Labute approximate surface area is 126 Å². The molecule has 0 bridgehead atoms. The Hall–Kier alpha value is -2.96. The summed E-state index contributed by atoms with van der Waals surface area (Å²) < 4.78 is 10.1. The van der Waals surface area contributed by atoms with E-state index < -0.39 is 5.97 Å². The van der Waals surface area contributed by atoms with E-state index in [0.29, 0.717) is 34.8 Å². The molecule has 3 aromatic rings. The quantitative estimate of drug-likeness (QED) is 0.743. The van der Waals surface area contributed by atoms with Gasteiger partial charge in [-0.05, 0) is 13.0 Å². The van der Waals surface area contributed by atoms with E-state index in [0.717, 1.165) is 5.56 Å². The third kappa shape index (κ3) is 2.37. The lowest BCUT2D eigenvalue weighted by molar-refractivity contribution is 0.0528. The SMILES string of the molecule is CCOC(=O)c1c[nH]c2ncnc(-c3ccc(OC)nc3)c12. The number of hydrogen-bond acceptors (Lipinski definition) is 6. The number of hydrogen-bond donors (Lipinski definition) is 1. The maximum absolute atomic E-state index is 12.1. The van der Waals surface area contributed by atoms with Crippen molar-refractivity contribution < 1.29 is 14.3 Å². The summed E-state index contributed by atoms with van der Waals surface area (Å²) in [5.41, 5.74) is 2.36. The van der Waals surface area contributed by atoms with Crippen molar-refractivity contribution in [1.29, 1.82) is 0 Å². The van der Waals surface area contributed by atoms with Crippen LogP contribution in [0.3, 0.4) is 0 Å². The van der Waals surface area contributed by atoms with Crippen LogP contribution in [0.1, 0.15) is 17.3 Å². The second-order valence-corrected chi connectivity index (χ2v) is 4.46. The summed E-state index contributed by atoms with van der Waals surface area (Å²) in [6.07, 6.45) is 4.66. The zero-order chi connectivity index (χ0) is 15.5. The van der Waals surface area contributed by atoms with Crippen LogP contribution >= 0.6 is 0 Å². The summed E-state index contributed by atoms with van der Waals surface area (Å²) in [6.45, 7) is 2.07. The number of nitrogens with zero attached hydrogens (tertiary/aromatic N) is 3. The van der Waals surface area contributed by atoms with Crippen LogP contribution in [-0.2, 0) is 4.74 Å². The van der Waals surface area contributed by atoms with E-state index in [1.165, 1.54) is 6.33 Å². The maximum atomic E-state index is 12.1. The largest absolute Gasteiger partial charge is 0.481 e. The molecule has 112 valence electrons.